The van der Waals surface area contributed by atoms with Gasteiger partial charge in [0.25, 0.3) is 0 Å². The van der Waals surface area contributed by atoms with Crippen molar-refractivity contribution in [3.8, 4) is 0 Å². The van der Waals surface area contributed by atoms with Crippen molar-refractivity contribution in [2.75, 3.05) is 6.61 Å². The molecule has 3 rings (SSSR count). The Morgan fingerprint density at radius 1 is 1.18 bits per heavy atom. The van der Waals surface area contributed by atoms with Crippen LogP contribution < -0.4 is 5.32 Å². The summed E-state index contributed by atoms with van der Waals surface area (Å²) < 4.78 is 22.5. The molecule has 3 saturated heterocycles. The number of hydrogen-bond acceptors (Lipinski definition) is 8. The first kappa shape index (κ1) is 30.0. The van der Waals surface area contributed by atoms with Crippen molar-refractivity contribution in [1.29, 1.82) is 0 Å². The molecule has 3 fully saturated rings. The standard InChI is InChI=1S/C28H41NO9/c1-16(7-10-24-27(34)28(15-35-28)14-21(38-24)13-26(32)33)6-9-23-17(2)12-22(19(4)37-23)29-25(31)11-8-18(3)36-20(5)30/h6-8,10-11,17-19,21-24,27,34H,9,12-15H2,1-5H3,(H,29,31)(H,32,33)/b10-7+,11-8-,16-6+/t17-,18-,19+,21+,22+,23-,24+,27?,28+/m0/s1. The van der Waals surface area contributed by atoms with Gasteiger partial charge in [-0.15, -0.1) is 0 Å². The maximum absolute atomic E-state index is 12.3. The summed E-state index contributed by atoms with van der Waals surface area (Å²) >= 11 is 0. The first-order chi connectivity index (χ1) is 17.9. The largest absolute Gasteiger partial charge is 0.481 e. The molecular weight excluding hydrogens is 494 g/mol. The molecule has 0 aromatic carbocycles. The zero-order valence-electron chi connectivity index (χ0n) is 22.8. The zero-order chi connectivity index (χ0) is 28.0. The van der Waals surface area contributed by atoms with E-state index < -0.39 is 42.0 Å². The quantitative estimate of drug-likeness (QED) is 0.166. The van der Waals surface area contributed by atoms with Crippen molar-refractivity contribution in [3.05, 3.63) is 36.0 Å². The van der Waals surface area contributed by atoms with Gasteiger partial charge in [0.1, 0.15) is 23.9 Å². The molecule has 10 nitrogen and oxygen atoms in total. The van der Waals surface area contributed by atoms with Crippen LogP contribution >= 0.6 is 0 Å². The molecule has 3 aliphatic rings. The van der Waals surface area contributed by atoms with Crippen LogP contribution in [0.5, 0.6) is 0 Å². The fourth-order valence-electron chi connectivity index (χ4n) is 5.08. The second-order valence-electron chi connectivity index (χ2n) is 10.7. The van der Waals surface area contributed by atoms with Crippen LogP contribution in [0.2, 0.25) is 0 Å². The molecule has 1 spiro atoms. The third-order valence-corrected chi connectivity index (χ3v) is 7.33. The number of esters is 1. The van der Waals surface area contributed by atoms with Gasteiger partial charge in [0.05, 0.1) is 37.4 Å². The third kappa shape index (κ3) is 8.49. The minimum absolute atomic E-state index is 0.0133. The number of aliphatic hydroxyl groups is 1. The minimum atomic E-state index is -0.941. The lowest BCUT2D eigenvalue weighted by Gasteiger charge is -2.39. The smallest absolute Gasteiger partial charge is 0.305 e. The van der Waals surface area contributed by atoms with E-state index in [0.717, 1.165) is 12.0 Å². The molecule has 3 N–H and O–H groups in total. The number of allylic oxidation sites excluding steroid dienone is 2. The van der Waals surface area contributed by atoms with E-state index in [2.05, 4.69) is 18.3 Å². The van der Waals surface area contributed by atoms with E-state index in [4.69, 9.17) is 24.1 Å². The zero-order valence-corrected chi connectivity index (χ0v) is 22.8. The number of epoxide rings is 1. The molecule has 1 unspecified atom stereocenters. The van der Waals surface area contributed by atoms with Gasteiger partial charge in [-0.2, -0.15) is 0 Å². The fraction of sp³-hybridized carbons (Fsp3) is 0.679. The first-order valence-corrected chi connectivity index (χ1v) is 13.2. The fourth-order valence-corrected chi connectivity index (χ4v) is 5.08. The second kappa shape index (κ2) is 13.0. The monoisotopic (exact) mass is 535 g/mol. The Balaban J connectivity index is 1.49. The number of carbonyl (C=O) groups excluding carboxylic acids is 2. The summed E-state index contributed by atoms with van der Waals surface area (Å²) in [6.07, 6.45) is 7.67. The van der Waals surface area contributed by atoms with Crippen LogP contribution in [0.3, 0.4) is 0 Å². The van der Waals surface area contributed by atoms with E-state index in [0.29, 0.717) is 19.4 Å². The van der Waals surface area contributed by atoms with Crippen LogP contribution in [0.25, 0.3) is 0 Å². The van der Waals surface area contributed by atoms with Gasteiger partial charge in [0, 0.05) is 19.4 Å². The summed E-state index contributed by atoms with van der Waals surface area (Å²) in [7, 11) is 0. The molecule has 9 atom stereocenters. The lowest BCUT2D eigenvalue weighted by atomic mass is 9.87. The van der Waals surface area contributed by atoms with Gasteiger partial charge in [0.15, 0.2) is 0 Å². The summed E-state index contributed by atoms with van der Waals surface area (Å²) in [4.78, 5) is 34.4. The highest BCUT2D eigenvalue weighted by molar-refractivity contribution is 5.87. The summed E-state index contributed by atoms with van der Waals surface area (Å²) in [5.41, 5.74) is 0.271. The van der Waals surface area contributed by atoms with Gasteiger partial charge in [-0.3, -0.25) is 14.4 Å². The van der Waals surface area contributed by atoms with Crippen molar-refractivity contribution in [2.24, 2.45) is 5.92 Å². The highest BCUT2D eigenvalue weighted by Crippen LogP contribution is 2.43. The summed E-state index contributed by atoms with van der Waals surface area (Å²) in [6.45, 7) is 9.41. The molecule has 0 bridgehead atoms. The SMILES string of the molecule is CC(=O)O[C@@H](C)/C=C\C(=O)N[C@@H]1C[C@H](C)[C@H](C/C=C(C)/C=C/[C@H]2O[C@H](CC(=O)O)C[C@@]3(CO3)C2O)O[C@@H]1C. The molecule has 0 radical (unpaired) electrons. The van der Waals surface area contributed by atoms with Crippen molar-refractivity contribution in [3.63, 3.8) is 0 Å². The van der Waals surface area contributed by atoms with Gasteiger partial charge < -0.3 is 34.5 Å². The average molecular weight is 536 g/mol. The van der Waals surface area contributed by atoms with Gasteiger partial charge >= 0.3 is 11.9 Å². The van der Waals surface area contributed by atoms with Gasteiger partial charge in [-0.05, 0) is 45.6 Å². The number of nitrogens with one attached hydrogen (secondary N) is 1. The maximum Gasteiger partial charge on any atom is 0.305 e. The van der Waals surface area contributed by atoms with E-state index in [1.54, 1.807) is 19.1 Å². The van der Waals surface area contributed by atoms with E-state index in [9.17, 15) is 19.5 Å². The Morgan fingerprint density at radius 2 is 1.89 bits per heavy atom. The summed E-state index contributed by atoms with van der Waals surface area (Å²) in [6, 6.07) is -0.131. The second-order valence-corrected chi connectivity index (χ2v) is 10.7. The number of aliphatic hydroxyl groups excluding tert-OH is 1. The highest BCUT2D eigenvalue weighted by atomic mass is 16.6. The number of aliphatic carboxylic acids is 1. The number of rotatable bonds is 10. The summed E-state index contributed by atoms with van der Waals surface area (Å²) in [5.74, 6) is -1.39. The number of ether oxygens (including phenoxy) is 4. The van der Waals surface area contributed by atoms with E-state index in [-0.39, 0.29) is 36.5 Å². The molecule has 10 heteroatoms. The molecule has 1 amide bonds. The molecule has 0 saturated carbocycles. The molecule has 38 heavy (non-hydrogen) atoms. The van der Waals surface area contributed by atoms with Gasteiger partial charge in [0.2, 0.25) is 5.91 Å². The Labute approximate surface area is 224 Å². The molecular formula is C28H41NO9. The number of carboxylic acid groups (broad SMARTS) is 1. The predicted molar refractivity (Wildman–Crippen MR) is 138 cm³/mol. The lowest BCUT2D eigenvalue weighted by Crippen LogP contribution is -2.50. The number of carboxylic acids is 1. The third-order valence-electron chi connectivity index (χ3n) is 7.33. The molecule has 0 aliphatic carbocycles. The molecule has 3 heterocycles. The Kier molecular flexibility index (Phi) is 10.3. The van der Waals surface area contributed by atoms with Crippen LogP contribution in [0.1, 0.15) is 60.3 Å². The minimum Gasteiger partial charge on any atom is -0.481 e. The number of amides is 1. The maximum atomic E-state index is 12.3. The van der Waals surface area contributed by atoms with Crippen LogP contribution in [-0.2, 0) is 33.3 Å². The molecule has 0 aromatic rings. The van der Waals surface area contributed by atoms with Gasteiger partial charge in [-0.25, -0.2) is 0 Å². The predicted octanol–water partition coefficient (Wildman–Crippen LogP) is 2.45. The number of carbonyl (C=O) groups is 3. The Bertz CT molecular complexity index is 954. The first-order valence-electron chi connectivity index (χ1n) is 13.2. The lowest BCUT2D eigenvalue weighted by molar-refractivity contribution is -0.155. The van der Waals surface area contributed by atoms with E-state index >= 15 is 0 Å². The number of hydrogen-bond donors (Lipinski definition) is 3. The molecule has 212 valence electrons. The van der Waals surface area contributed by atoms with Crippen LogP contribution in [0.15, 0.2) is 36.0 Å². The molecule has 0 aromatic heterocycles. The normalized spacial score (nSPS) is 36.4. The van der Waals surface area contributed by atoms with Gasteiger partial charge in [-0.1, -0.05) is 30.7 Å². The van der Waals surface area contributed by atoms with Crippen molar-refractivity contribution in [2.45, 2.75) is 109 Å². The topological polar surface area (TPSA) is 144 Å². The van der Waals surface area contributed by atoms with Crippen LogP contribution in [0.4, 0.5) is 0 Å². The average Bonchev–Trinajstić information content (AvgIpc) is 3.59. The van der Waals surface area contributed by atoms with E-state index in [1.165, 1.54) is 13.0 Å². The van der Waals surface area contributed by atoms with Crippen molar-refractivity contribution >= 4 is 17.8 Å². The van der Waals surface area contributed by atoms with E-state index in [1.807, 2.05) is 19.9 Å². The summed E-state index contributed by atoms with van der Waals surface area (Å²) in [5, 5.41) is 22.8. The Hall–Kier alpha value is -2.53. The highest BCUT2D eigenvalue weighted by Gasteiger charge is 2.58. The Morgan fingerprint density at radius 3 is 2.53 bits per heavy atom. The van der Waals surface area contributed by atoms with Crippen LogP contribution in [0, 0.1) is 5.92 Å². The van der Waals surface area contributed by atoms with Crippen molar-refractivity contribution in [1.82, 2.24) is 5.32 Å². The molecule has 3 aliphatic heterocycles. The van der Waals surface area contributed by atoms with Crippen molar-refractivity contribution < 1.29 is 43.5 Å². The van der Waals surface area contributed by atoms with Crippen LogP contribution in [-0.4, -0.2) is 82.9 Å².